The Hall–Kier alpha value is -0.160. The molecule has 1 atom stereocenters. The van der Waals surface area contributed by atoms with Crippen molar-refractivity contribution in [2.75, 3.05) is 26.2 Å². The molecule has 0 bridgehead atoms. The highest BCUT2D eigenvalue weighted by atomic mass is 16.5. The lowest BCUT2D eigenvalue weighted by molar-refractivity contribution is 0.0169. The molecular weight excluding hydrogens is 132 g/mol. The molecule has 0 spiro atoms. The Morgan fingerprint density at radius 3 is 3.20 bits per heavy atom. The van der Waals surface area contributed by atoms with E-state index in [0.29, 0.717) is 6.54 Å². The number of nitrogens with one attached hydrogen (secondary N) is 2. The van der Waals surface area contributed by atoms with Crippen molar-refractivity contribution in [3.63, 3.8) is 0 Å². The fourth-order valence-electron chi connectivity index (χ4n) is 1.03. The number of rotatable bonds is 3. The van der Waals surface area contributed by atoms with Gasteiger partial charge in [-0.3, -0.25) is 0 Å². The van der Waals surface area contributed by atoms with E-state index in [4.69, 9.17) is 9.94 Å². The quantitative estimate of drug-likeness (QED) is 0.463. The fourth-order valence-corrected chi connectivity index (χ4v) is 1.03. The normalized spacial score (nSPS) is 26.7. The van der Waals surface area contributed by atoms with Crippen LogP contribution in [0, 0.1) is 0 Å². The average Bonchev–Trinajstić information content (AvgIpc) is 2.03. The molecule has 0 aromatic carbocycles. The summed E-state index contributed by atoms with van der Waals surface area (Å²) in [6, 6.07) is 0. The molecule has 4 nitrogen and oxygen atoms in total. The molecule has 0 aromatic rings. The summed E-state index contributed by atoms with van der Waals surface area (Å²) < 4.78 is 5.37. The fraction of sp³-hybridized carbons (Fsp3) is 1.00. The van der Waals surface area contributed by atoms with Gasteiger partial charge in [0.15, 0.2) is 0 Å². The summed E-state index contributed by atoms with van der Waals surface area (Å²) in [4.78, 5) is 0. The summed E-state index contributed by atoms with van der Waals surface area (Å²) in [5, 5.41) is 11.5. The smallest absolute Gasteiger partial charge is 0.0713 e. The molecule has 0 amide bonds. The molecule has 0 aliphatic carbocycles. The monoisotopic (exact) mass is 146 g/mol. The molecule has 0 radical (unpaired) electrons. The van der Waals surface area contributed by atoms with Gasteiger partial charge in [0.1, 0.15) is 0 Å². The first-order chi connectivity index (χ1) is 4.93. The van der Waals surface area contributed by atoms with Gasteiger partial charge in [0.2, 0.25) is 0 Å². The summed E-state index contributed by atoms with van der Waals surface area (Å²) in [5.74, 6) is 0. The molecule has 0 saturated carbocycles. The maximum Gasteiger partial charge on any atom is 0.0713 e. The van der Waals surface area contributed by atoms with Gasteiger partial charge in [-0.15, -0.1) is 0 Å². The van der Waals surface area contributed by atoms with Crippen LogP contribution >= 0.6 is 0 Å². The van der Waals surface area contributed by atoms with Crippen LogP contribution in [0.3, 0.4) is 0 Å². The van der Waals surface area contributed by atoms with Gasteiger partial charge in [-0.05, 0) is 6.42 Å². The highest BCUT2D eigenvalue weighted by Gasteiger charge is 2.11. The number of hydroxylamine groups is 1. The summed E-state index contributed by atoms with van der Waals surface area (Å²) in [6.45, 7) is 3.24. The standard InChI is InChI=1S/C6H14N2O2/c9-8-2-1-6-5-7-3-4-10-6/h6-9H,1-5H2. The molecule has 4 heteroatoms. The van der Waals surface area contributed by atoms with E-state index in [0.717, 1.165) is 26.1 Å². The molecule has 1 heterocycles. The van der Waals surface area contributed by atoms with Crippen molar-refractivity contribution in [1.29, 1.82) is 0 Å². The SMILES string of the molecule is ONCCC1CNCCO1. The minimum atomic E-state index is 0.272. The van der Waals surface area contributed by atoms with Crippen molar-refractivity contribution >= 4 is 0 Å². The van der Waals surface area contributed by atoms with Crippen LogP contribution in [0.2, 0.25) is 0 Å². The van der Waals surface area contributed by atoms with Crippen LogP contribution in [0.4, 0.5) is 0 Å². The van der Waals surface area contributed by atoms with Crippen LogP contribution in [-0.4, -0.2) is 37.6 Å². The number of morpholine rings is 1. The van der Waals surface area contributed by atoms with Gasteiger partial charge in [-0.2, -0.15) is 0 Å². The average molecular weight is 146 g/mol. The maximum atomic E-state index is 8.27. The van der Waals surface area contributed by atoms with E-state index < -0.39 is 0 Å². The third-order valence-corrected chi connectivity index (χ3v) is 1.58. The van der Waals surface area contributed by atoms with Crippen molar-refractivity contribution in [3.8, 4) is 0 Å². The van der Waals surface area contributed by atoms with Crippen molar-refractivity contribution < 1.29 is 9.94 Å². The first-order valence-electron chi connectivity index (χ1n) is 3.63. The van der Waals surface area contributed by atoms with E-state index in [2.05, 4.69) is 10.8 Å². The van der Waals surface area contributed by atoms with Gasteiger partial charge in [0, 0.05) is 19.6 Å². The Balaban J connectivity index is 2.02. The Morgan fingerprint density at radius 2 is 2.60 bits per heavy atom. The van der Waals surface area contributed by atoms with Crippen molar-refractivity contribution in [1.82, 2.24) is 10.8 Å². The summed E-state index contributed by atoms with van der Waals surface area (Å²) in [5.41, 5.74) is 2.11. The van der Waals surface area contributed by atoms with E-state index in [1.807, 2.05) is 0 Å². The molecule has 10 heavy (non-hydrogen) atoms. The van der Waals surface area contributed by atoms with E-state index in [1.54, 1.807) is 0 Å². The lowest BCUT2D eigenvalue weighted by Crippen LogP contribution is -2.39. The first-order valence-corrected chi connectivity index (χ1v) is 3.63. The predicted octanol–water partition coefficient (Wildman–Crippen LogP) is -0.656. The zero-order valence-corrected chi connectivity index (χ0v) is 5.97. The zero-order chi connectivity index (χ0) is 7.23. The van der Waals surface area contributed by atoms with E-state index in [9.17, 15) is 0 Å². The number of hydrogen-bond acceptors (Lipinski definition) is 4. The molecule has 1 aliphatic heterocycles. The minimum absolute atomic E-state index is 0.272. The Kier molecular flexibility index (Phi) is 3.67. The highest BCUT2D eigenvalue weighted by molar-refractivity contribution is 4.66. The molecule has 60 valence electrons. The number of ether oxygens (including phenoxy) is 1. The topological polar surface area (TPSA) is 53.5 Å². The molecule has 1 fully saturated rings. The third-order valence-electron chi connectivity index (χ3n) is 1.58. The molecule has 1 saturated heterocycles. The Bertz CT molecular complexity index is 83.8. The van der Waals surface area contributed by atoms with Crippen LogP contribution in [0.5, 0.6) is 0 Å². The van der Waals surface area contributed by atoms with Crippen LogP contribution in [0.25, 0.3) is 0 Å². The van der Waals surface area contributed by atoms with E-state index >= 15 is 0 Å². The summed E-state index contributed by atoms with van der Waals surface area (Å²) in [7, 11) is 0. The third kappa shape index (κ3) is 2.62. The Morgan fingerprint density at radius 1 is 1.70 bits per heavy atom. The second-order valence-corrected chi connectivity index (χ2v) is 2.39. The van der Waals surface area contributed by atoms with Gasteiger partial charge >= 0.3 is 0 Å². The van der Waals surface area contributed by atoms with Crippen LogP contribution in [0.1, 0.15) is 6.42 Å². The predicted molar refractivity (Wildman–Crippen MR) is 37.0 cm³/mol. The van der Waals surface area contributed by atoms with Gasteiger partial charge in [0.25, 0.3) is 0 Å². The lowest BCUT2D eigenvalue weighted by Gasteiger charge is -2.22. The van der Waals surface area contributed by atoms with Gasteiger partial charge in [0.05, 0.1) is 12.7 Å². The molecule has 1 aliphatic rings. The summed E-state index contributed by atoms with van der Waals surface area (Å²) in [6.07, 6.45) is 1.14. The molecule has 0 aromatic heterocycles. The van der Waals surface area contributed by atoms with Gasteiger partial charge in [-0.25, -0.2) is 5.48 Å². The zero-order valence-electron chi connectivity index (χ0n) is 5.97. The molecule has 1 rings (SSSR count). The lowest BCUT2D eigenvalue weighted by atomic mass is 10.2. The minimum Gasteiger partial charge on any atom is -0.376 e. The maximum absolute atomic E-state index is 8.27. The van der Waals surface area contributed by atoms with Crippen molar-refractivity contribution in [2.24, 2.45) is 0 Å². The van der Waals surface area contributed by atoms with Crippen molar-refractivity contribution in [3.05, 3.63) is 0 Å². The van der Waals surface area contributed by atoms with Crippen LogP contribution < -0.4 is 10.8 Å². The second-order valence-electron chi connectivity index (χ2n) is 2.39. The van der Waals surface area contributed by atoms with Crippen LogP contribution in [0.15, 0.2) is 0 Å². The van der Waals surface area contributed by atoms with Gasteiger partial charge in [-0.1, -0.05) is 0 Å². The summed E-state index contributed by atoms with van der Waals surface area (Å²) >= 11 is 0. The highest BCUT2D eigenvalue weighted by Crippen LogP contribution is 1.99. The second kappa shape index (κ2) is 4.62. The van der Waals surface area contributed by atoms with Crippen LogP contribution in [-0.2, 0) is 4.74 Å². The van der Waals surface area contributed by atoms with Gasteiger partial charge < -0.3 is 15.3 Å². The molecular formula is C6H14N2O2. The largest absolute Gasteiger partial charge is 0.376 e. The first kappa shape index (κ1) is 7.94. The molecule has 3 N–H and O–H groups in total. The Labute approximate surface area is 60.5 Å². The molecule has 1 unspecified atom stereocenters. The van der Waals surface area contributed by atoms with E-state index in [1.165, 1.54) is 0 Å². The van der Waals surface area contributed by atoms with Crippen molar-refractivity contribution in [2.45, 2.75) is 12.5 Å². The number of hydrogen-bond donors (Lipinski definition) is 3. The van der Waals surface area contributed by atoms with E-state index in [-0.39, 0.29) is 6.10 Å².